The number of carbonyl (C=O) groups is 1. The van der Waals surface area contributed by atoms with E-state index in [1.807, 2.05) is 54.6 Å². The van der Waals surface area contributed by atoms with Crippen molar-refractivity contribution >= 4 is 41.7 Å². The number of halogens is 1. The summed E-state index contributed by atoms with van der Waals surface area (Å²) in [6.07, 6.45) is -0.533. The fraction of sp³-hybridized carbons (Fsp3) is 0.472. The van der Waals surface area contributed by atoms with Crippen LogP contribution in [-0.2, 0) is 25.7 Å². The monoisotopic (exact) mass is 704 g/mol. The molecule has 3 aromatic rings. The first-order chi connectivity index (χ1) is 22.1. The van der Waals surface area contributed by atoms with Gasteiger partial charge in [0.05, 0.1) is 29.7 Å². The van der Waals surface area contributed by atoms with E-state index in [0.717, 1.165) is 30.0 Å². The Kier molecular flexibility index (Phi) is 16.1. The maximum absolute atomic E-state index is 13.1. The number of rotatable bonds is 14. The van der Waals surface area contributed by atoms with Gasteiger partial charge in [-0.2, -0.15) is 4.31 Å². The second-order valence-electron chi connectivity index (χ2n) is 12.7. The largest absolute Gasteiger partial charge is 0.443 e. The number of nitrogens with zero attached hydrogens (tertiary/aromatic N) is 2. The topological polar surface area (TPSA) is 96.4 Å². The summed E-state index contributed by atoms with van der Waals surface area (Å²) in [5.41, 5.74) is 2.22. The molecule has 0 aliphatic rings. The Morgan fingerprint density at radius 2 is 1.49 bits per heavy atom. The van der Waals surface area contributed by atoms with Crippen molar-refractivity contribution in [1.82, 2.24) is 4.90 Å². The molecule has 11 heteroatoms. The van der Waals surface area contributed by atoms with Crippen molar-refractivity contribution in [3.8, 4) is 0 Å². The Morgan fingerprint density at radius 1 is 0.936 bits per heavy atom. The predicted molar refractivity (Wildman–Crippen MR) is 196 cm³/mol. The number of carbonyl (C=O) groups excluding carboxylic acids is 1. The highest BCUT2D eigenvalue weighted by Crippen LogP contribution is 2.36. The van der Waals surface area contributed by atoms with E-state index >= 15 is 0 Å². The number of aliphatic hydroxyl groups is 1. The fourth-order valence-electron chi connectivity index (χ4n) is 5.10. The number of benzene rings is 3. The molecule has 1 amide bonds. The summed E-state index contributed by atoms with van der Waals surface area (Å²) < 4.78 is 38.7. The molecule has 1 atom stereocenters. The molecule has 0 unspecified atom stereocenters. The molecule has 0 saturated heterocycles. The highest BCUT2D eigenvalue weighted by molar-refractivity contribution is 7.92. The molecular formula is C36H53ClN2O6SSi. The lowest BCUT2D eigenvalue weighted by Crippen LogP contribution is -2.42. The van der Waals surface area contributed by atoms with Gasteiger partial charge in [-0.15, -0.1) is 0 Å². The van der Waals surface area contributed by atoms with Crippen molar-refractivity contribution in [2.24, 2.45) is 0 Å². The van der Waals surface area contributed by atoms with Gasteiger partial charge < -0.3 is 14.3 Å². The van der Waals surface area contributed by atoms with E-state index in [4.69, 9.17) is 20.8 Å². The van der Waals surface area contributed by atoms with E-state index in [-0.39, 0.29) is 17.3 Å². The Bertz CT molecular complexity index is 1470. The highest BCUT2D eigenvalue weighted by atomic mass is 35.5. The molecule has 260 valence electrons. The normalized spacial score (nSPS) is 12.7. The number of anilines is 1. The molecule has 47 heavy (non-hydrogen) atoms. The van der Waals surface area contributed by atoms with Gasteiger partial charge in [0.1, 0.15) is 5.60 Å². The van der Waals surface area contributed by atoms with Crippen LogP contribution in [0.5, 0.6) is 0 Å². The Hall–Kier alpha value is -2.73. The Balaban J connectivity index is 0.000000965. The lowest BCUT2D eigenvalue weighted by atomic mass is 10.1. The van der Waals surface area contributed by atoms with Gasteiger partial charge in [-0.05, 0) is 69.1 Å². The number of sulfonamides is 1. The first-order valence-corrected chi connectivity index (χ1v) is 20.9. The SMILES string of the molecule is CC[Si](CC)(CC)O[C@@H](CN(CCO)Cc1ccccc1)c1ccc(Cl)c(N(C(=O)OC(C)(C)C)S(C)(=O)=O)c1.Cc1ccccc1. The van der Waals surface area contributed by atoms with Gasteiger partial charge in [-0.1, -0.05) is 105 Å². The van der Waals surface area contributed by atoms with E-state index in [9.17, 15) is 18.3 Å². The molecular weight excluding hydrogens is 652 g/mol. The standard InChI is InChI=1S/C29H45ClN2O6SSi.C7H8/c1-8-40(9-2,10-3)38-27(22-31(18-19-33)21-23-14-12-11-13-15-23)24-16-17-25(30)26(20-24)32(39(7,35)36)28(34)37-29(4,5)6;1-7-5-3-2-4-6-7/h11-17,20,27,33H,8-10,18-19,21-22H2,1-7H3;2-6H,1H3/t27-;/m0./s1. The van der Waals surface area contributed by atoms with Crippen LogP contribution in [0.3, 0.4) is 0 Å². The minimum atomic E-state index is -4.08. The van der Waals surface area contributed by atoms with Crippen molar-refractivity contribution in [3.05, 3.63) is 101 Å². The van der Waals surface area contributed by atoms with Crippen LogP contribution in [0.25, 0.3) is 0 Å². The van der Waals surface area contributed by atoms with Gasteiger partial charge in [-0.3, -0.25) is 4.90 Å². The van der Waals surface area contributed by atoms with E-state index < -0.39 is 36.1 Å². The van der Waals surface area contributed by atoms with Crippen molar-refractivity contribution in [2.45, 2.75) is 84.8 Å². The van der Waals surface area contributed by atoms with Crippen LogP contribution in [0.4, 0.5) is 10.5 Å². The summed E-state index contributed by atoms with van der Waals surface area (Å²) in [4.78, 5) is 15.2. The van der Waals surface area contributed by atoms with Crippen molar-refractivity contribution in [1.29, 1.82) is 0 Å². The summed E-state index contributed by atoms with van der Waals surface area (Å²) >= 11 is 6.51. The smallest absolute Gasteiger partial charge is 0.428 e. The average Bonchev–Trinajstić information content (AvgIpc) is 3.00. The molecule has 0 spiro atoms. The van der Waals surface area contributed by atoms with E-state index in [1.54, 1.807) is 32.9 Å². The molecule has 8 nitrogen and oxygen atoms in total. The molecule has 0 aliphatic carbocycles. The number of amides is 1. The van der Waals surface area contributed by atoms with E-state index in [2.05, 4.69) is 44.7 Å². The number of hydrogen-bond acceptors (Lipinski definition) is 7. The summed E-state index contributed by atoms with van der Waals surface area (Å²) in [6.45, 7) is 15.0. The molecule has 3 aromatic carbocycles. The lowest BCUT2D eigenvalue weighted by molar-refractivity contribution is 0.0608. The fourth-order valence-corrected chi connectivity index (χ4v) is 8.98. The molecule has 0 radical (unpaired) electrons. The summed E-state index contributed by atoms with van der Waals surface area (Å²) in [7, 11) is -6.22. The third-order valence-corrected chi connectivity index (χ3v) is 13.8. The highest BCUT2D eigenvalue weighted by Gasteiger charge is 2.36. The molecule has 0 aliphatic heterocycles. The zero-order chi connectivity index (χ0) is 35.3. The second-order valence-corrected chi connectivity index (χ2v) is 19.6. The maximum Gasteiger partial charge on any atom is 0.428 e. The van der Waals surface area contributed by atoms with Gasteiger partial charge in [-0.25, -0.2) is 13.2 Å². The molecule has 3 rings (SSSR count). The lowest BCUT2D eigenvalue weighted by Gasteiger charge is -2.36. The number of aliphatic hydroxyl groups excluding tert-OH is 1. The molecule has 0 heterocycles. The van der Waals surface area contributed by atoms with Crippen molar-refractivity contribution in [3.63, 3.8) is 0 Å². The van der Waals surface area contributed by atoms with Crippen LogP contribution in [0.2, 0.25) is 23.2 Å². The molecule has 0 aromatic heterocycles. The zero-order valence-corrected chi connectivity index (χ0v) is 31.8. The zero-order valence-electron chi connectivity index (χ0n) is 29.2. The van der Waals surface area contributed by atoms with Crippen LogP contribution in [0, 0.1) is 6.92 Å². The maximum atomic E-state index is 13.1. The molecule has 0 bridgehead atoms. The van der Waals surface area contributed by atoms with Gasteiger partial charge in [0.15, 0.2) is 8.32 Å². The van der Waals surface area contributed by atoms with Gasteiger partial charge in [0.25, 0.3) is 0 Å². The minimum Gasteiger partial charge on any atom is -0.443 e. The minimum absolute atomic E-state index is 0.0121. The predicted octanol–water partition coefficient (Wildman–Crippen LogP) is 8.59. The Labute approximate surface area is 288 Å². The van der Waals surface area contributed by atoms with Crippen molar-refractivity contribution in [2.75, 3.05) is 30.3 Å². The number of ether oxygens (including phenoxy) is 1. The van der Waals surface area contributed by atoms with Gasteiger partial charge >= 0.3 is 6.09 Å². The molecule has 0 saturated carbocycles. The summed E-state index contributed by atoms with van der Waals surface area (Å²) in [5.74, 6) is 0. The average molecular weight is 705 g/mol. The second kappa shape index (κ2) is 18.7. The third kappa shape index (κ3) is 13.4. The van der Waals surface area contributed by atoms with Crippen LogP contribution < -0.4 is 4.31 Å². The van der Waals surface area contributed by atoms with E-state index in [1.165, 1.54) is 5.56 Å². The molecule has 1 N–H and O–H groups in total. The first-order valence-electron chi connectivity index (χ1n) is 16.2. The van der Waals surface area contributed by atoms with Crippen LogP contribution in [0.1, 0.15) is 64.3 Å². The number of hydrogen-bond donors (Lipinski definition) is 1. The van der Waals surface area contributed by atoms with Gasteiger partial charge in [0, 0.05) is 19.6 Å². The summed E-state index contributed by atoms with van der Waals surface area (Å²) in [5, 5.41) is 9.95. The third-order valence-electron chi connectivity index (χ3n) is 7.81. The number of aryl methyl sites for hydroxylation is 1. The first kappa shape index (κ1) is 40.4. The van der Waals surface area contributed by atoms with Gasteiger partial charge in [0.2, 0.25) is 10.0 Å². The molecule has 0 fully saturated rings. The van der Waals surface area contributed by atoms with Crippen molar-refractivity contribution < 1.29 is 27.5 Å². The summed E-state index contributed by atoms with van der Waals surface area (Å²) in [6, 6.07) is 28.0. The van der Waals surface area contributed by atoms with Crippen LogP contribution in [-0.4, -0.2) is 64.4 Å². The van der Waals surface area contributed by atoms with E-state index in [0.29, 0.717) is 29.5 Å². The van der Waals surface area contributed by atoms with Crippen LogP contribution >= 0.6 is 11.6 Å². The Morgan fingerprint density at radius 3 is 1.94 bits per heavy atom. The quantitative estimate of drug-likeness (QED) is 0.168. The van der Waals surface area contributed by atoms with Crippen LogP contribution in [0.15, 0.2) is 78.9 Å².